The minimum atomic E-state index is -1.28. The highest BCUT2D eigenvalue weighted by atomic mass is 16.4. The third kappa shape index (κ3) is 1.78. The van der Waals surface area contributed by atoms with Crippen molar-refractivity contribution in [1.29, 1.82) is 0 Å². The van der Waals surface area contributed by atoms with E-state index in [0.717, 1.165) is 16.9 Å². The number of rotatable bonds is 3. The van der Waals surface area contributed by atoms with Crippen LogP contribution in [0, 0.1) is 6.92 Å². The predicted molar refractivity (Wildman–Crippen MR) is 62.9 cm³/mol. The van der Waals surface area contributed by atoms with Crippen LogP contribution in [0.1, 0.15) is 18.3 Å². The first-order valence-corrected chi connectivity index (χ1v) is 5.28. The highest BCUT2D eigenvalue weighted by molar-refractivity contribution is 5.84. The van der Waals surface area contributed by atoms with E-state index in [2.05, 4.69) is 9.97 Å². The molecule has 0 saturated heterocycles. The molecule has 1 aromatic carbocycles. The zero-order valence-corrected chi connectivity index (χ0v) is 9.69. The molecule has 0 aliphatic heterocycles. The number of aliphatic carboxylic acids is 1. The molecule has 0 aliphatic rings. The van der Waals surface area contributed by atoms with Gasteiger partial charge < -0.3 is 15.2 Å². The summed E-state index contributed by atoms with van der Waals surface area (Å²) in [4.78, 5) is 18.5. The number of aromatic nitrogens is 2. The van der Waals surface area contributed by atoms with Crippen LogP contribution < -0.4 is 0 Å². The average molecular weight is 234 g/mol. The SMILES string of the molecule is Cc1nc2ccc(C(C)(CO)C(=O)O)cc2[nH]1. The van der Waals surface area contributed by atoms with Gasteiger partial charge in [0.2, 0.25) is 0 Å². The van der Waals surface area contributed by atoms with Crippen LogP contribution in [0.15, 0.2) is 18.2 Å². The van der Waals surface area contributed by atoms with E-state index in [9.17, 15) is 15.0 Å². The molecular formula is C12H14N2O3. The molecule has 0 aliphatic carbocycles. The predicted octanol–water partition coefficient (Wildman–Crippen LogP) is 1.21. The number of aliphatic hydroxyl groups excluding tert-OH is 1. The molecule has 5 nitrogen and oxygen atoms in total. The van der Waals surface area contributed by atoms with E-state index >= 15 is 0 Å². The number of H-pyrrole nitrogens is 1. The Hall–Kier alpha value is -1.88. The lowest BCUT2D eigenvalue weighted by Crippen LogP contribution is -2.36. The van der Waals surface area contributed by atoms with Crippen LogP contribution in [0.4, 0.5) is 0 Å². The molecular weight excluding hydrogens is 220 g/mol. The first-order valence-electron chi connectivity index (χ1n) is 5.28. The van der Waals surface area contributed by atoms with Gasteiger partial charge in [-0.15, -0.1) is 0 Å². The standard InChI is InChI=1S/C12H14N2O3/c1-7-13-9-4-3-8(5-10(9)14-7)12(2,6-15)11(16)17/h3-5,15H,6H2,1-2H3,(H,13,14)(H,16,17). The highest BCUT2D eigenvalue weighted by Crippen LogP contribution is 2.26. The molecule has 1 unspecified atom stereocenters. The second-order valence-electron chi connectivity index (χ2n) is 4.35. The molecule has 1 aromatic heterocycles. The van der Waals surface area contributed by atoms with Crippen molar-refractivity contribution in [2.75, 3.05) is 6.61 Å². The van der Waals surface area contributed by atoms with Gasteiger partial charge in [-0.1, -0.05) is 6.07 Å². The smallest absolute Gasteiger partial charge is 0.316 e. The van der Waals surface area contributed by atoms with Gasteiger partial charge in [0.1, 0.15) is 11.2 Å². The van der Waals surface area contributed by atoms with Crippen molar-refractivity contribution in [3.63, 3.8) is 0 Å². The second kappa shape index (κ2) is 3.85. The number of aliphatic hydroxyl groups is 1. The van der Waals surface area contributed by atoms with E-state index in [1.807, 2.05) is 6.92 Å². The Bertz CT molecular complexity index is 576. The summed E-state index contributed by atoms with van der Waals surface area (Å²) in [5, 5.41) is 18.5. The summed E-state index contributed by atoms with van der Waals surface area (Å²) in [5.41, 5.74) is 0.842. The molecule has 0 spiro atoms. The normalized spacial score (nSPS) is 14.8. The number of imidazole rings is 1. The van der Waals surface area contributed by atoms with Gasteiger partial charge in [-0.3, -0.25) is 4.79 Å². The second-order valence-corrected chi connectivity index (χ2v) is 4.35. The molecule has 2 rings (SSSR count). The minimum Gasteiger partial charge on any atom is -0.481 e. The number of carboxylic acids is 1. The molecule has 0 fully saturated rings. The fraction of sp³-hybridized carbons (Fsp3) is 0.333. The number of aryl methyl sites for hydroxylation is 1. The number of carbonyl (C=O) groups is 1. The Balaban J connectivity index is 2.58. The third-order valence-electron chi connectivity index (χ3n) is 3.03. The van der Waals surface area contributed by atoms with Gasteiger partial charge in [0, 0.05) is 0 Å². The van der Waals surface area contributed by atoms with Crippen molar-refractivity contribution in [3.8, 4) is 0 Å². The monoisotopic (exact) mass is 234 g/mol. The Morgan fingerprint density at radius 3 is 2.82 bits per heavy atom. The lowest BCUT2D eigenvalue weighted by atomic mass is 9.83. The number of fused-ring (bicyclic) bond motifs is 1. The molecule has 1 heterocycles. The van der Waals surface area contributed by atoms with E-state index in [1.165, 1.54) is 6.92 Å². The summed E-state index contributed by atoms with van der Waals surface area (Å²) in [7, 11) is 0. The highest BCUT2D eigenvalue weighted by Gasteiger charge is 2.34. The van der Waals surface area contributed by atoms with Crippen molar-refractivity contribution in [2.45, 2.75) is 19.3 Å². The van der Waals surface area contributed by atoms with E-state index in [-0.39, 0.29) is 0 Å². The van der Waals surface area contributed by atoms with E-state index < -0.39 is 18.0 Å². The first-order chi connectivity index (χ1) is 7.97. The zero-order valence-electron chi connectivity index (χ0n) is 9.69. The van der Waals surface area contributed by atoms with Gasteiger partial charge in [-0.25, -0.2) is 4.98 Å². The van der Waals surface area contributed by atoms with E-state index in [0.29, 0.717) is 5.56 Å². The summed E-state index contributed by atoms with van der Waals surface area (Å²) >= 11 is 0. The van der Waals surface area contributed by atoms with Crippen molar-refractivity contribution in [2.24, 2.45) is 0 Å². The lowest BCUT2D eigenvalue weighted by molar-refractivity contribution is -0.144. The van der Waals surface area contributed by atoms with Crippen molar-refractivity contribution in [1.82, 2.24) is 9.97 Å². The number of benzene rings is 1. The molecule has 0 radical (unpaired) electrons. The number of aromatic amines is 1. The molecule has 3 N–H and O–H groups in total. The van der Waals surface area contributed by atoms with Gasteiger partial charge in [0.25, 0.3) is 0 Å². The van der Waals surface area contributed by atoms with Crippen LogP contribution in [0.3, 0.4) is 0 Å². The van der Waals surface area contributed by atoms with Crippen LogP contribution in [-0.2, 0) is 10.2 Å². The summed E-state index contributed by atoms with van der Waals surface area (Å²) in [5.74, 6) is -0.270. The summed E-state index contributed by atoms with van der Waals surface area (Å²) in [6.45, 7) is 2.89. The Morgan fingerprint density at radius 1 is 1.53 bits per heavy atom. The van der Waals surface area contributed by atoms with Crippen molar-refractivity contribution in [3.05, 3.63) is 29.6 Å². The number of hydrogen-bond donors (Lipinski definition) is 3. The Kier molecular flexibility index (Phi) is 2.63. The molecule has 5 heteroatoms. The molecule has 0 amide bonds. The summed E-state index contributed by atoms with van der Waals surface area (Å²) in [6.07, 6.45) is 0. The van der Waals surface area contributed by atoms with Gasteiger partial charge >= 0.3 is 5.97 Å². The Morgan fingerprint density at radius 2 is 2.24 bits per heavy atom. The first kappa shape index (κ1) is 11.6. The van der Waals surface area contributed by atoms with Crippen LogP contribution >= 0.6 is 0 Å². The van der Waals surface area contributed by atoms with E-state index in [4.69, 9.17) is 0 Å². The maximum atomic E-state index is 11.2. The molecule has 1 atom stereocenters. The molecule has 0 bridgehead atoms. The van der Waals surface area contributed by atoms with Crippen LogP contribution in [0.2, 0.25) is 0 Å². The number of hydrogen-bond acceptors (Lipinski definition) is 3. The maximum absolute atomic E-state index is 11.2. The van der Waals surface area contributed by atoms with Gasteiger partial charge in [0.05, 0.1) is 17.6 Å². The van der Waals surface area contributed by atoms with Crippen LogP contribution in [0.25, 0.3) is 11.0 Å². The van der Waals surface area contributed by atoms with Gasteiger partial charge in [0.15, 0.2) is 0 Å². The largest absolute Gasteiger partial charge is 0.481 e. The summed E-state index contributed by atoms with van der Waals surface area (Å²) < 4.78 is 0. The zero-order chi connectivity index (χ0) is 12.6. The quantitative estimate of drug-likeness (QED) is 0.745. The Labute approximate surface area is 98.1 Å². The van der Waals surface area contributed by atoms with Crippen molar-refractivity contribution < 1.29 is 15.0 Å². The fourth-order valence-corrected chi connectivity index (χ4v) is 1.76. The van der Waals surface area contributed by atoms with Gasteiger partial charge in [-0.05, 0) is 31.5 Å². The van der Waals surface area contributed by atoms with E-state index in [1.54, 1.807) is 18.2 Å². The minimum absolute atomic E-state index is 0.443. The molecule has 90 valence electrons. The van der Waals surface area contributed by atoms with Gasteiger partial charge in [-0.2, -0.15) is 0 Å². The number of nitrogens with one attached hydrogen (secondary N) is 1. The fourth-order valence-electron chi connectivity index (χ4n) is 1.76. The average Bonchev–Trinajstić information content (AvgIpc) is 2.66. The molecule has 2 aromatic rings. The lowest BCUT2D eigenvalue weighted by Gasteiger charge is -2.22. The van der Waals surface area contributed by atoms with Crippen LogP contribution in [-0.4, -0.2) is 32.8 Å². The topological polar surface area (TPSA) is 86.2 Å². The third-order valence-corrected chi connectivity index (χ3v) is 3.03. The maximum Gasteiger partial charge on any atom is 0.316 e. The number of nitrogens with zero attached hydrogens (tertiary/aromatic N) is 1. The van der Waals surface area contributed by atoms with Crippen LogP contribution in [0.5, 0.6) is 0 Å². The summed E-state index contributed by atoms with van der Waals surface area (Å²) in [6, 6.07) is 5.16. The number of carboxylic acid groups (broad SMARTS) is 1. The van der Waals surface area contributed by atoms with Crippen molar-refractivity contribution >= 4 is 17.0 Å². The molecule has 0 saturated carbocycles. The molecule has 17 heavy (non-hydrogen) atoms.